The number of likely N-dealkylation sites (tertiary alicyclic amines) is 1. The first kappa shape index (κ1) is 20.5. The molecule has 1 aromatic carbocycles. The Morgan fingerprint density at radius 2 is 1.75 bits per heavy atom. The maximum atomic E-state index is 13.2. The highest BCUT2D eigenvalue weighted by atomic mass is 16.5. The maximum absolute atomic E-state index is 13.2. The Balaban J connectivity index is 1.91. The Kier molecular flexibility index (Phi) is 6.78. The van der Waals surface area contributed by atoms with Crippen molar-refractivity contribution >= 4 is 17.5 Å². The molecule has 0 radical (unpaired) electrons. The summed E-state index contributed by atoms with van der Waals surface area (Å²) in [5.41, 5.74) is 6.75. The normalized spacial score (nSPS) is 22.0. The zero-order valence-electron chi connectivity index (χ0n) is 16.8. The van der Waals surface area contributed by atoms with Crippen LogP contribution < -0.4 is 20.5 Å². The van der Waals surface area contributed by atoms with Gasteiger partial charge >= 0.3 is 0 Å². The van der Waals surface area contributed by atoms with Gasteiger partial charge in [0.05, 0.1) is 25.5 Å². The van der Waals surface area contributed by atoms with Gasteiger partial charge in [0.1, 0.15) is 0 Å². The number of nitrogens with one attached hydrogen (secondary N) is 1. The lowest BCUT2D eigenvalue weighted by molar-refractivity contribution is -0.120. The molecule has 2 atom stereocenters. The number of ether oxygens (including phenoxy) is 2. The molecule has 3 N–H and O–H groups in total. The van der Waals surface area contributed by atoms with E-state index >= 15 is 0 Å². The van der Waals surface area contributed by atoms with Gasteiger partial charge < -0.3 is 25.4 Å². The highest BCUT2D eigenvalue weighted by molar-refractivity contribution is 6.05. The number of piperidine rings is 1. The molecule has 2 amide bonds. The van der Waals surface area contributed by atoms with E-state index in [1.54, 1.807) is 12.1 Å². The fraction of sp³-hybridized carbons (Fsp3) is 0.619. The van der Waals surface area contributed by atoms with Crippen molar-refractivity contribution in [1.82, 2.24) is 4.90 Å². The van der Waals surface area contributed by atoms with Crippen LogP contribution in [-0.4, -0.2) is 50.6 Å². The topological polar surface area (TPSA) is 93.9 Å². The van der Waals surface area contributed by atoms with E-state index in [0.29, 0.717) is 29.3 Å². The zero-order valence-corrected chi connectivity index (χ0v) is 16.8. The van der Waals surface area contributed by atoms with Gasteiger partial charge in [0, 0.05) is 25.1 Å². The van der Waals surface area contributed by atoms with Crippen LogP contribution in [0.1, 0.15) is 48.9 Å². The zero-order chi connectivity index (χ0) is 20.1. The Morgan fingerprint density at radius 3 is 2.39 bits per heavy atom. The molecule has 1 aromatic rings. The van der Waals surface area contributed by atoms with Gasteiger partial charge in [0.2, 0.25) is 5.91 Å². The quantitative estimate of drug-likeness (QED) is 0.780. The summed E-state index contributed by atoms with van der Waals surface area (Å²) in [5, 5.41) is 2.99. The molecule has 0 spiro atoms. The molecule has 28 heavy (non-hydrogen) atoms. The molecule has 1 saturated heterocycles. The minimum Gasteiger partial charge on any atom is -0.493 e. The fourth-order valence-corrected chi connectivity index (χ4v) is 4.32. The van der Waals surface area contributed by atoms with Crippen LogP contribution in [0.5, 0.6) is 11.5 Å². The molecule has 2 aliphatic rings. The van der Waals surface area contributed by atoms with E-state index in [4.69, 9.17) is 15.2 Å². The molecular weight excluding hydrogens is 358 g/mol. The van der Waals surface area contributed by atoms with Crippen LogP contribution in [0.3, 0.4) is 0 Å². The van der Waals surface area contributed by atoms with Crippen molar-refractivity contribution in [3.8, 4) is 11.5 Å². The van der Waals surface area contributed by atoms with Crippen molar-refractivity contribution in [3.05, 3.63) is 17.7 Å². The number of nitrogens with two attached hydrogens (primary N) is 1. The Morgan fingerprint density at radius 1 is 1.07 bits per heavy atom. The van der Waals surface area contributed by atoms with Crippen LogP contribution in [-0.2, 0) is 4.79 Å². The number of hydrogen-bond acceptors (Lipinski definition) is 5. The minimum atomic E-state index is -0.115. The van der Waals surface area contributed by atoms with Crippen molar-refractivity contribution in [2.45, 2.75) is 38.5 Å². The monoisotopic (exact) mass is 389 g/mol. The van der Waals surface area contributed by atoms with Gasteiger partial charge in [0.15, 0.2) is 11.5 Å². The second-order valence-corrected chi connectivity index (χ2v) is 7.63. The van der Waals surface area contributed by atoms with Crippen molar-refractivity contribution in [2.24, 2.45) is 17.6 Å². The number of carbonyl (C=O) groups excluding carboxylic acids is 2. The summed E-state index contributed by atoms with van der Waals surface area (Å²) in [6.07, 6.45) is 5.95. The number of hydrogen-bond donors (Lipinski definition) is 2. The molecule has 2 fully saturated rings. The highest BCUT2D eigenvalue weighted by Crippen LogP contribution is 2.36. The summed E-state index contributed by atoms with van der Waals surface area (Å²) in [5.74, 6) is 0.874. The molecule has 3 rings (SSSR count). The largest absolute Gasteiger partial charge is 0.493 e. The molecule has 0 unspecified atom stereocenters. The number of nitrogens with zero attached hydrogens (tertiary/aromatic N) is 1. The van der Waals surface area contributed by atoms with E-state index in [1.807, 2.05) is 4.90 Å². The lowest BCUT2D eigenvalue weighted by Crippen LogP contribution is -2.36. The number of benzene rings is 1. The van der Waals surface area contributed by atoms with E-state index in [2.05, 4.69) is 5.32 Å². The van der Waals surface area contributed by atoms with Crippen molar-refractivity contribution in [3.63, 3.8) is 0 Å². The minimum absolute atomic E-state index is 0.0761. The molecule has 1 heterocycles. The van der Waals surface area contributed by atoms with Crippen LogP contribution in [0, 0.1) is 11.8 Å². The summed E-state index contributed by atoms with van der Waals surface area (Å²) >= 11 is 0. The first-order valence-electron chi connectivity index (χ1n) is 10.1. The lowest BCUT2D eigenvalue weighted by Gasteiger charge is -2.28. The predicted molar refractivity (Wildman–Crippen MR) is 108 cm³/mol. The molecular formula is C21H31N3O4. The molecule has 7 nitrogen and oxygen atoms in total. The van der Waals surface area contributed by atoms with E-state index < -0.39 is 0 Å². The molecule has 154 valence electrons. The average Bonchev–Trinajstić information content (AvgIpc) is 3.22. The number of anilines is 1. The van der Waals surface area contributed by atoms with Crippen molar-refractivity contribution in [1.29, 1.82) is 0 Å². The summed E-state index contributed by atoms with van der Waals surface area (Å²) < 4.78 is 10.8. The van der Waals surface area contributed by atoms with Gasteiger partial charge in [-0.15, -0.1) is 0 Å². The number of methoxy groups -OCH3 is 2. The van der Waals surface area contributed by atoms with Gasteiger partial charge in [0.25, 0.3) is 5.91 Å². The standard InChI is InChI=1S/C21H31N3O4/c1-27-18-11-16(21(26)24-9-4-3-5-10-24)17(12-19(18)28-2)23-20(25)15-8-6-7-14(15)13-22/h11-12,14-15H,3-10,13,22H2,1-2H3,(H,23,25)/t14-,15-/m1/s1. The van der Waals surface area contributed by atoms with Crippen molar-refractivity contribution in [2.75, 3.05) is 39.2 Å². The summed E-state index contributed by atoms with van der Waals surface area (Å²) in [6, 6.07) is 3.35. The van der Waals surface area contributed by atoms with E-state index in [9.17, 15) is 9.59 Å². The first-order chi connectivity index (χ1) is 13.6. The van der Waals surface area contributed by atoms with E-state index in [0.717, 1.165) is 51.6 Å². The van der Waals surface area contributed by atoms with Gasteiger partial charge in [-0.05, 0) is 50.6 Å². The van der Waals surface area contributed by atoms with Gasteiger partial charge in [-0.25, -0.2) is 0 Å². The number of amides is 2. The summed E-state index contributed by atoms with van der Waals surface area (Å²) in [7, 11) is 3.08. The smallest absolute Gasteiger partial charge is 0.256 e. The van der Waals surface area contributed by atoms with E-state index in [-0.39, 0.29) is 23.7 Å². The third kappa shape index (κ3) is 4.24. The average molecular weight is 389 g/mol. The Labute approximate surface area is 166 Å². The summed E-state index contributed by atoms with van der Waals surface area (Å²) in [6.45, 7) is 1.97. The Bertz CT molecular complexity index is 716. The van der Waals surface area contributed by atoms with Crippen LogP contribution in [0.25, 0.3) is 0 Å². The molecule has 1 aliphatic carbocycles. The summed E-state index contributed by atoms with van der Waals surface area (Å²) in [4.78, 5) is 27.9. The van der Waals surface area contributed by atoms with Crippen LogP contribution in [0.4, 0.5) is 5.69 Å². The number of carbonyl (C=O) groups is 2. The van der Waals surface area contributed by atoms with Crippen molar-refractivity contribution < 1.29 is 19.1 Å². The molecule has 1 saturated carbocycles. The molecule has 0 aromatic heterocycles. The molecule has 0 bridgehead atoms. The molecule has 7 heteroatoms. The fourth-order valence-electron chi connectivity index (χ4n) is 4.32. The van der Waals surface area contributed by atoms with Gasteiger partial charge in [-0.2, -0.15) is 0 Å². The first-order valence-corrected chi connectivity index (χ1v) is 10.1. The molecule has 1 aliphatic heterocycles. The second kappa shape index (κ2) is 9.28. The van der Waals surface area contributed by atoms with Crippen LogP contribution in [0.2, 0.25) is 0 Å². The van der Waals surface area contributed by atoms with E-state index in [1.165, 1.54) is 14.2 Å². The SMILES string of the molecule is COc1cc(NC(=O)[C@@H]2CCC[C@@H]2CN)c(C(=O)N2CCCCC2)cc1OC. The maximum Gasteiger partial charge on any atom is 0.256 e. The second-order valence-electron chi connectivity index (χ2n) is 7.63. The highest BCUT2D eigenvalue weighted by Gasteiger charge is 2.33. The van der Waals surface area contributed by atoms with Crippen LogP contribution in [0.15, 0.2) is 12.1 Å². The predicted octanol–water partition coefficient (Wildman–Crippen LogP) is 2.64. The third-order valence-electron chi connectivity index (χ3n) is 5.95. The lowest BCUT2D eigenvalue weighted by atomic mass is 9.95. The van der Waals surface area contributed by atoms with Gasteiger partial charge in [-0.3, -0.25) is 9.59 Å². The Hall–Kier alpha value is -2.28. The third-order valence-corrected chi connectivity index (χ3v) is 5.95. The van der Waals surface area contributed by atoms with Crippen LogP contribution >= 0.6 is 0 Å². The van der Waals surface area contributed by atoms with Gasteiger partial charge in [-0.1, -0.05) is 6.42 Å². The number of rotatable bonds is 6.